The van der Waals surface area contributed by atoms with E-state index >= 15 is 0 Å². The molecule has 10 heterocycles. The molecule has 6 aromatic rings. The number of nitrogens with zero attached hydrogens (tertiary/aromatic N) is 6. The van der Waals surface area contributed by atoms with E-state index in [0.717, 1.165) is 35.0 Å². The number of piperidine rings is 2. The number of rotatable bonds is 11. The molecule has 26 nitrogen and oxygen atoms in total. The summed E-state index contributed by atoms with van der Waals surface area (Å²) in [6.07, 6.45) is 5.72. The SMILES string of the molecule is CN1C[C@H](C(=O)N[C@]2(C)O[C@@]3(O)[C@@H]4CCCN4C(=O)[C@H](Cc4ccccc4)N3C2=O)CC2c3cccc4[nH]cc(c34)C[C@H]21.CN1C[C@H](C(=O)N[C@]2(C)O[C@@]3(O)[C@@H]4CCCN4C(=O)[C@H](Cc4ccccc4)N3C2=O)CC2c3cccc4[nH]cc(c34)C[C@H]21.O=C(O)[C@H](O)[C@@H](O)C(=O)O. The molecule has 0 radical (unpaired) electrons. The third-order valence-electron chi connectivity index (χ3n) is 22.1. The average molecular weight is 1320 g/mol. The van der Waals surface area contributed by atoms with Crippen molar-refractivity contribution >= 4 is 69.2 Å². The minimum Gasteiger partial charge on any atom is -0.479 e. The summed E-state index contributed by atoms with van der Waals surface area (Å²) < 4.78 is 12.5. The van der Waals surface area contributed by atoms with Gasteiger partial charge in [0, 0.05) is 97.1 Å². The number of carboxylic acids is 2. The number of fused-ring (bicyclic) bond motifs is 10. The minimum atomic E-state index is -2.27. The number of piperazine rings is 2. The van der Waals surface area contributed by atoms with E-state index in [9.17, 15) is 48.6 Å². The monoisotopic (exact) mass is 1320 g/mol. The first-order valence-electron chi connectivity index (χ1n) is 33.1. The number of aliphatic carboxylic acids is 2. The lowest BCUT2D eigenvalue weighted by atomic mass is 9.72. The van der Waals surface area contributed by atoms with E-state index in [-0.39, 0.29) is 72.2 Å². The van der Waals surface area contributed by atoms with E-state index in [2.05, 4.69) is 93.3 Å². The van der Waals surface area contributed by atoms with E-state index in [0.29, 0.717) is 64.7 Å². The van der Waals surface area contributed by atoms with Gasteiger partial charge in [0.05, 0.1) is 11.8 Å². The summed E-state index contributed by atoms with van der Waals surface area (Å²) >= 11 is 0. The highest BCUT2D eigenvalue weighted by atomic mass is 16.7. The minimum absolute atomic E-state index is 0.171. The Balaban J connectivity index is 0.000000145. The van der Waals surface area contributed by atoms with Crippen molar-refractivity contribution in [1.29, 1.82) is 0 Å². The molecular formula is C70H80N10O16. The fourth-order valence-corrected chi connectivity index (χ4v) is 17.6. The molecule has 26 heteroatoms. The second-order valence-electron chi connectivity index (χ2n) is 27.9. The highest BCUT2D eigenvalue weighted by molar-refractivity contribution is 5.99. The zero-order valence-electron chi connectivity index (χ0n) is 53.7. The number of aliphatic hydroxyl groups is 4. The highest BCUT2D eigenvalue weighted by Gasteiger charge is 2.72. The molecule has 506 valence electrons. The number of aromatic nitrogens is 2. The van der Waals surface area contributed by atoms with Gasteiger partial charge in [0.25, 0.3) is 23.6 Å². The molecule has 10 aliphatic rings. The van der Waals surface area contributed by atoms with Crippen LogP contribution in [0.3, 0.4) is 0 Å². The summed E-state index contributed by atoms with van der Waals surface area (Å²) in [5.74, 6) is -10.2. The van der Waals surface area contributed by atoms with Gasteiger partial charge in [-0.1, -0.05) is 84.9 Å². The van der Waals surface area contributed by atoms with Crippen LogP contribution in [0, 0.1) is 11.8 Å². The number of hydrogen-bond acceptors (Lipinski definition) is 16. The number of benzene rings is 4. The zero-order valence-corrected chi connectivity index (χ0v) is 53.7. The normalized spacial score (nSPS) is 33.2. The van der Waals surface area contributed by atoms with Gasteiger partial charge in [0.2, 0.25) is 35.1 Å². The maximum atomic E-state index is 14.2. The third kappa shape index (κ3) is 10.6. The molecule has 8 saturated heterocycles. The van der Waals surface area contributed by atoms with Crippen molar-refractivity contribution in [3.63, 3.8) is 0 Å². The van der Waals surface area contributed by atoms with E-state index in [1.54, 1.807) is 9.80 Å². The quantitative estimate of drug-likeness (QED) is 0.0887. The summed E-state index contributed by atoms with van der Waals surface area (Å²) in [4.78, 5) is 120. The van der Waals surface area contributed by atoms with E-state index < -0.39 is 83.4 Å². The predicted octanol–water partition coefficient (Wildman–Crippen LogP) is 2.04. The second-order valence-corrected chi connectivity index (χ2v) is 27.9. The Kier molecular flexibility index (Phi) is 16.3. The molecule has 6 amide bonds. The van der Waals surface area contributed by atoms with Crippen LogP contribution >= 0.6 is 0 Å². The molecule has 2 unspecified atom stereocenters. The summed E-state index contributed by atoms with van der Waals surface area (Å²) in [6.45, 7) is 5.11. The number of likely N-dealkylation sites (tertiary alicyclic amines) is 2. The van der Waals surface area contributed by atoms with E-state index in [1.165, 1.54) is 56.7 Å². The Hall–Kier alpha value is -8.60. The Morgan fingerprint density at radius 1 is 0.573 bits per heavy atom. The van der Waals surface area contributed by atoms with Gasteiger partial charge in [-0.05, 0) is 125 Å². The van der Waals surface area contributed by atoms with Crippen molar-refractivity contribution in [2.45, 2.75) is 162 Å². The van der Waals surface area contributed by atoms with Crippen LogP contribution in [0.5, 0.6) is 0 Å². The predicted molar refractivity (Wildman–Crippen MR) is 342 cm³/mol. The average Bonchev–Trinajstić information content (AvgIpc) is 1.54. The van der Waals surface area contributed by atoms with Crippen molar-refractivity contribution in [3.8, 4) is 0 Å². The maximum Gasteiger partial charge on any atom is 0.335 e. The van der Waals surface area contributed by atoms with Crippen LogP contribution in [0.15, 0.2) is 109 Å². The van der Waals surface area contributed by atoms with Crippen molar-refractivity contribution in [3.05, 3.63) is 143 Å². The summed E-state index contributed by atoms with van der Waals surface area (Å²) in [7, 11) is 4.12. The van der Waals surface area contributed by atoms with Gasteiger partial charge in [-0.2, -0.15) is 0 Å². The van der Waals surface area contributed by atoms with Crippen LogP contribution in [0.25, 0.3) is 21.8 Å². The van der Waals surface area contributed by atoms with Gasteiger partial charge in [-0.25, -0.2) is 9.59 Å². The Morgan fingerprint density at radius 3 is 1.33 bits per heavy atom. The molecule has 0 saturated carbocycles. The lowest BCUT2D eigenvalue weighted by Crippen LogP contribution is -2.71. The largest absolute Gasteiger partial charge is 0.479 e. The molecule has 8 fully saturated rings. The van der Waals surface area contributed by atoms with E-state index in [4.69, 9.17) is 29.9 Å². The number of ether oxygens (including phenoxy) is 2. The van der Waals surface area contributed by atoms with Crippen molar-refractivity contribution in [2.24, 2.45) is 11.8 Å². The van der Waals surface area contributed by atoms with Crippen LogP contribution in [0.1, 0.15) is 97.6 Å². The molecule has 8 aliphatic heterocycles. The number of aromatic amines is 2. The number of likely N-dealkylation sites (N-methyl/N-ethyl adjacent to an activating group) is 2. The summed E-state index contributed by atoms with van der Waals surface area (Å²) in [6, 6.07) is 28.9. The lowest BCUT2D eigenvalue weighted by Gasteiger charge is -2.48. The topological polar surface area (TPSA) is 351 Å². The summed E-state index contributed by atoms with van der Waals surface area (Å²) in [5, 5.41) is 65.0. The first-order valence-corrected chi connectivity index (χ1v) is 33.1. The smallest absolute Gasteiger partial charge is 0.335 e. The van der Waals surface area contributed by atoms with Gasteiger partial charge < -0.3 is 70.8 Å². The Labute approximate surface area is 552 Å². The van der Waals surface area contributed by atoms with Crippen LogP contribution in [0.4, 0.5) is 0 Å². The zero-order chi connectivity index (χ0) is 67.7. The van der Waals surface area contributed by atoms with Crippen LogP contribution in [-0.2, 0) is 73.5 Å². The molecule has 2 aliphatic carbocycles. The fourth-order valence-electron chi connectivity index (χ4n) is 17.6. The van der Waals surface area contributed by atoms with Crippen LogP contribution in [-0.4, -0.2) is 229 Å². The van der Waals surface area contributed by atoms with Gasteiger partial charge in [-0.15, -0.1) is 0 Å². The molecule has 16 rings (SSSR count). The van der Waals surface area contributed by atoms with Crippen LogP contribution in [0.2, 0.25) is 0 Å². The Bertz CT molecular complexity index is 3850. The van der Waals surface area contributed by atoms with Gasteiger partial charge in [0.1, 0.15) is 24.2 Å². The van der Waals surface area contributed by atoms with Crippen molar-refractivity contribution < 1.29 is 78.5 Å². The molecule has 16 atom stereocenters. The number of carbonyl (C=O) groups is 8. The van der Waals surface area contributed by atoms with Gasteiger partial charge in [0.15, 0.2) is 12.2 Å². The number of hydrogen-bond donors (Lipinski definition) is 10. The first-order chi connectivity index (χ1) is 45.8. The lowest BCUT2D eigenvalue weighted by molar-refractivity contribution is -0.315. The molecule has 10 N–H and O–H groups in total. The number of carboxylic acid groups (broad SMARTS) is 2. The molecule has 0 bridgehead atoms. The van der Waals surface area contributed by atoms with Crippen molar-refractivity contribution in [1.82, 2.24) is 50.0 Å². The summed E-state index contributed by atoms with van der Waals surface area (Å²) in [5.41, 5.74) is 5.48. The third-order valence-corrected chi connectivity index (χ3v) is 22.1. The molecule has 2 aromatic heterocycles. The number of carbonyl (C=O) groups excluding carboxylic acids is 6. The molecule has 96 heavy (non-hydrogen) atoms. The standard InChI is InChI=1S/2C33H37N5O5.C4H6O6/c2*1-32(35-29(39)21-15-23-22-10-6-11-24-28(22)20(17-34-24)16-25(23)36(2)18-21)31(41)38-26(14-19-8-4-3-5-9-19)30(40)37-13-7-12-27(37)33(38,42)43-32;5-1(3(7)8)2(6)4(9)10/h2*3-6,8-11,17,21,23,25-27,34,42H,7,12-16,18H2,1-2H3,(H,35,39);1-2,5-6H,(H,7,8)(H,9,10)/t2*21-,23?,25-,26+,27+,32-,33+;1-,2-/m111/s1. The van der Waals surface area contributed by atoms with Gasteiger partial charge in [-0.3, -0.25) is 48.0 Å². The maximum absolute atomic E-state index is 14.2. The number of nitrogens with one attached hydrogen (secondary N) is 4. The molecule has 0 spiro atoms. The first kappa shape index (κ1) is 64.7. The number of aliphatic hydroxyl groups excluding tert-OH is 2. The molecule has 4 aromatic carbocycles. The highest BCUT2D eigenvalue weighted by Crippen LogP contribution is 2.50. The van der Waals surface area contributed by atoms with Gasteiger partial charge >= 0.3 is 11.9 Å². The second kappa shape index (κ2) is 24.2. The number of amides is 6. The number of H-pyrrole nitrogens is 2. The van der Waals surface area contributed by atoms with E-state index in [1.807, 2.05) is 60.7 Å². The van der Waals surface area contributed by atoms with Crippen molar-refractivity contribution in [2.75, 3.05) is 40.3 Å². The fraction of sp³-hybridized carbons (Fsp3) is 0.486. The Morgan fingerprint density at radius 2 is 0.958 bits per heavy atom. The van der Waals surface area contributed by atoms with Crippen LogP contribution < -0.4 is 10.6 Å². The molecular weight excluding hydrogens is 1240 g/mol.